The fourth-order valence-electron chi connectivity index (χ4n) is 4.86. The number of pyridine rings is 1. The molecule has 160 valence electrons. The number of aliphatic hydroxyl groups excluding tert-OH is 1. The number of carbonyl (C=O) groups excluding carboxylic acids is 1. The van der Waals surface area contributed by atoms with Gasteiger partial charge in [0.15, 0.2) is 11.2 Å². The van der Waals surface area contributed by atoms with Crippen molar-refractivity contribution < 1.29 is 19.1 Å². The van der Waals surface area contributed by atoms with Crippen LogP contribution in [0.3, 0.4) is 0 Å². The lowest BCUT2D eigenvalue weighted by molar-refractivity contribution is -0.0230. The summed E-state index contributed by atoms with van der Waals surface area (Å²) in [5.41, 5.74) is -0.238. The van der Waals surface area contributed by atoms with Gasteiger partial charge in [-0.1, -0.05) is 6.07 Å². The molecule has 7 nitrogen and oxygen atoms in total. The van der Waals surface area contributed by atoms with Gasteiger partial charge in [-0.05, 0) is 55.2 Å². The van der Waals surface area contributed by atoms with Crippen molar-refractivity contribution in [3.05, 3.63) is 70.5 Å². The summed E-state index contributed by atoms with van der Waals surface area (Å²) in [6.07, 6.45) is 3.85. The van der Waals surface area contributed by atoms with E-state index in [4.69, 9.17) is 9.15 Å². The monoisotopic (exact) mass is 420 g/mol. The molecule has 4 atom stereocenters. The summed E-state index contributed by atoms with van der Waals surface area (Å²) < 4.78 is 11.6. The SMILES string of the molecule is Cc1cc(=O)cc(C(=O)N2C[C@H]3C[C@@H](Oc4ccc5ccncc5c4)[C@H](O)C[C@H]3C2)o1. The number of aliphatic hydroxyl groups is 1. The third-order valence-corrected chi connectivity index (χ3v) is 6.37. The van der Waals surface area contributed by atoms with Gasteiger partial charge in [0, 0.05) is 43.0 Å². The Morgan fingerprint density at radius 2 is 1.94 bits per heavy atom. The van der Waals surface area contributed by atoms with E-state index in [2.05, 4.69) is 4.98 Å². The number of nitrogens with zero attached hydrogens (tertiary/aromatic N) is 2. The van der Waals surface area contributed by atoms with Crippen molar-refractivity contribution in [2.24, 2.45) is 11.8 Å². The summed E-state index contributed by atoms with van der Waals surface area (Å²) in [5, 5.41) is 12.8. The van der Waals surface area contributed by atoms with Crippen molar-refractivity contribution in [3.8, 4) is 5.75 Å². The van der Waals surface area contributed by atoms with Crippen molar-refractivity contribution in [1.82, 2.24) is 9.88 Å². The van der Waals surface area contributed by atoms with E-state index in [-0.39, 0.29) is 35.0 Å². The van der Waals surface area contributed by atoms with Crippen LogP contribution in [0.15, 0.2) is 58.0 Å². The van der Waals surface area contributed by atoms with E-state index >= 15 is 0 Å². The van der Waals surface area contributed by atoms with Crippen LogP contribution in [0.2, 0.25) is 0 Å². The molecule has 0 unspecified atom stereocenters. The molecule has 1 aliphatic heterocycles. The van der Waals surface area contributed by atoms with E-state index in [9.17, 15) is 14.7 Å². The van der Waals surface area contributed by atoms with Gasteiger partial charge in [0.2, 0.25) is 0 Å². The van der Waals surface area contributed by atoms with Crippen molar-refractivity contribution in [2.75, 3.05) is 13.1 Å². The first kappa shape index (κ1) is 19.8. The second-order valence-corrected chi connectivity index (χ2v) is 8.58. The van der Waals surface area contributed by atoms with Gasteiger partial charge in [-0.3, -0.25) is 14.6 Å². The first-order valence-electron chi connectivity index (χ1n) is 10.6. The number of hydrogen-bond donors (Lipinski definition) is 1. The molecule has 3 heterocycles. The summed E-state index contributed by atoms with van der Waals surface area (Å²) in [6.45, 7) is 2.77. The van der Waals surface area contributed by atoms with Gasteiger partial charge >= 0.3 is 0 Å². The number of fused-ring (bicyclic) bond motifs is 2. The Bertz CT molecular complexity index is 1190. The zero-order valence-corrected chi connectivity index (χ0v) is 17.2. The molecule has 2 aromatic heterocycles. The molecule has 31 heavy (non-hydrogen) atoms. The number of rotatable bonds is 3. The van der Waals surface area contributed by atoms with Crippen LogP contribution < -0.4 is 10.2 Å². The summed E-state index contributed by atoms with van der Waals surface area (Å²) in [6, 6.07) is 10.4. The van der Waals surface area contributed by atoms with Gasteiger partial charge in [0.1, 0.15) is 17.6 Å². The smallest absolute Gasteiger partial charge is 0.289 e. The molecule has 7 heteroatoms. The highest BCUT2D eigenvalue weighted by atomic mass is 16.5. The standard InChI is InChI=1S/C24H24N2O5/c1-14-6-19(27)10-23(30-14)24(29)26-12-17-8-21(28)22(9-18(17)13-26)31-20-3-2-15-4-5-25-11-16(15)7-20/h2-7,10-11,17-18,21-22,28H,8-9,12-13H2,1H3/t17-,18+,21+,22+/m0/s1. The second-order valence-electron chi connectivity index (χ2n) is 8.58. The number of benzene rings is 1. The normalized spacial score (nSPS) is 25.4. The number of likely N-dealkylation sites (tertiary alicyclic amines) is 1. The molecule has 1 amide bonds. The van der Waals surface area contributed by atoms with Gasteiger partial charge in [-0.2, -0.15) is 0 Å². The van der Waals surface area contributed by atoms with Crippen LogP contribution in [-0.2, 0) is 0 Å². The molecule has 1 saturated carbocycles. The molecule has 1 N–H and O–H groups in total. The maximum Gasteiger partial charge on any atom is 0.289 e. The average Bonchev–Trinajstić information content (AvgIpc) is 3.15. The van der Waals surface area contributed by atoms with Crippen LogP contribution in [0.1, 0.15) is 29.2 Å². The highest BCUT2D eigenvalue weighted by molar-refractivity contribution is 5.91. The Labute approximate surface area is 179 Å². The number of hydrogen-bond acceptors (Lipinski definition) is 6. The van der Waals surface area contributed by atoms with E-state index in [1.807, 2.05) is 24.3 Å². The predicted octanol–water partition coefficient (Wildman–Crippen LogP) is 2.79. The van der Waals surface area contributed by atoms with Gasteiger partial charge in [0.25, 0.3) is 5.91 Å². The van der Waals surface area contributed by atoms with E-state index in [0.29, 0.717) is 37.4 Å². The third-order valence-electron chi connectivity index (χ3n) is 6.37. The zero-order chi connectivity index (χ0) is 21.5. The molecule has 3 aromatic rings. The Morgan fingerprint density at radius 3 is 2.74 bits per heavy atom. The first-order valence-corrected chi connectivity index (χ1v) is 10.6. The minimum atomic E-state index is -0.599. The van der Waals surface area contributed by atoms with Crippen LogP contribution in [0, 0.1) is 18.8 Å². The number of aromatic nitrogens is 1. The maximum atomic E-state index is 12.9. The fraction of sp³-hybridized carbons (Fsp3) is 0.375. The lowest BCUT2D eigenvalue weighted by atomic mass is 9.78. The summed E-state index contributed by atoms with van der Waals surface area (Å²) in [4.78, 5) is 30.5. The molecule has 0 spiro atoms. The number of ether oxygens (including phenoxy) is 1. The molecular weight excluding hydrogens is 396 g/mol. The molecule has 0 radical (unpaired) electrons. The average molecular weight is 420 g/mol. The molecule has 5 rings (SSSR count). The van der Waals surface area contributed by atoms with E-state index < -0.39 is 6.10 Å². The summed E-state index contributed by atoms with van der Waals surface area (Å²) in [7, 11) is 0. The van der Waals surface area contributed by atoms with Crippen LogP contribution in [0.4, 0.5) is 0 Å². The fourth-order valence-corrected chi connectivity index (χ4v) is 4.86. The third kappa shape index (κ3) is 3.93. The van der Waals surface area contributed by atoms with Gasteiger partial charge in [-0.25, -0.2) is 0 Å². The quantitative estimate of drug-likeness (QED) is 0.700. The summed E-state index contributed by atoms with van der Waals surface area (Å²) in [5.74, 6) is 1.36. The van der Waals surface area contributed by atoms with Gasteiger partial charge in [0.05, 0.1) is 6.10 Å². The Hall–Kier alpha value is -3.19. The second kappa shape index (κ2) is 7.81. The molecular formula is C24H24N2O5. The topological polar surface area (TPSA) is 92.9 Å². The lowest BCUT2D eigenvalue weighted by Gasteiger charge is -2.35. The van der Waals surface area contributed by atoms with Crippen LogP contribution in [0.25, 0.3) is 10.8 Å². The molecule has 0 bridgehead atoms. The van der Waals surface area contributed by atoms with Crippen LogP contribution in [-0.4, -0.2) is 46.2 Å². The zero-order valence-electron chi connectivity index (χ0n) is 17.2. The predicted molar refractivity (Wildman–Crippen MR) is 114 cm³/mol. The lowest BCUT2D eigenvalue weighted by Crippen LogP contribution is -2.42. The minimum Gasteiger partial charge on any atom is -0.488 e. The summed E-state index contributed by atoms with van der Waals surface area (Å²) >= 11 is 0. The van der Waals surface area contributed by atoms with Crippen molar-refractivity contribution >= 4 is 16.7 Å². The maximum absolute atomic E-state index is 12.9. The Morgan fingerprint density at radius 1 is 1.13 bits per heavy atom. The minimum absolute atomic E-state index is 0.0711. The van der Waals surface area contributed by atoms with E-state index in [1.54, 1.807) is 24.2 Å². The molecule has 1 saturated heterocycles. The highest BCUT2D eigenvalue weighted by Gasteiger charge is 2.44. The van der Waals surface area contributed by atoms with Gasteiger partial charge < -0.3 is 19.2 Å². The number of aryl methyl sites for hydroxylation is 1. The van der Waals surface area contributed by atoms with Crippen molar-refractivity contribution in [2.45, 2.75) is 32.0 Å². The molecule has 2 fully saturated rings. The van der Waals surface area contributed by atoms with Crippen LogP contribution >= 0.6 is 0 Å². The highest BCUT2D eigenvalue weighted by Crippen LogP contribution is 2.38. The van der Waals surface area contributed by atoms with Crippen LogP contribution in [0.5, 0.6) is 5.75 Å². The largest absolute Gasteiger partial charge is 0.488 e. The Balaban J connectivity index is 1.29. The Kier molecular flexibility index (Phi) is 4.98. The molecule has 2 aliphatic rings. The van der Waals surface area contributed by atoms with E-state index in [0.717, 1.165) is 10.8 Å². The van der Waals surface area contributed by atoms with Gasteiger partial charge in [-0.15, -0.1) is 0 Å². The first-order chi connectivity index (χ1) is 15.0. The van der Waals surface area contributed by atoms with Crippen molar-refractivity contribution in [3.63, 3.8) is 0 Å². The van der Waals surface area contributed by atoms with E-state index in [1.165, 1.54) is 12.1 Å². The molecule has 1 aliphatic carbocycles. The number of amides is 1. The molecule has 1 aromatic carbocycles. The number of carbonyl (C=O) groups is 1. The van der Waals surface area contributed by atoms with Crippen molar-refractivity contribution in [1.29, 1.82) is 0 Å².